The highest BCUT2D eigenvalue weighted by Gasteiger charge is 2.23. The Balaban J connectivity index is 1.70. The van der Waals surface area contributed by atoms with Crippen molar-refractivity contribution in [3.05, 3.63) is 64.1 Å². The first-order valence-electron chi connectivity index (χ1n) is 8.58. The third-order valence-electron chi connectivity index (χ3n) is 4.93. The highest BCUT2D eigenvalue weighted by atomic mass is 16.5. The first-order chi connectivity index (χ1) is 11.6. The lowest BCUT2D eigenvalue weighted by Crippen LogP contribution is -2.04. The van der Waals surface area contributed by atoms with Crippen molar-refractivity contribution in [1.82, 2.24) is 9.97 Å². The summed E-state index contributed by atoms with van der Waals surface area (Å²) in [5, 5.41) is 0. The molecule has 0 radical (unpaired) electrons. The average Bonchev–Trinajstić information content (AvgIpc) is 3.26. The lowest BCUT2D eigenvalue weighted by Gasteiger charge is -2.17. The van der Waals surface area contributed by atoms with Crippen molar-refractivity contribution in [3.8, 4) is 0 Å². The van der Waals surface area contributed by atoms with Gasteiger partial charge in [-0.2, -0.15) is 0 Å². The fraction of sp³-hybridized carbons (Fsp3) is 0.350. The second kappa shape index (κ2) is 5.86. The van der Waals surface area contributed by atoms with Gasteiger partial charge in [0.15, 0.2) is 0 Å². The van der Waals surface area contributed by atoms with E-state index in [0.29, 0.717) is 5.92 Å². The van der Waals surface area contributed by atoms with Crippen molar-refractivity contribution in [3.63, 3.8) is 0 Å². The number of nitrogens with one attached hydrogen (secondary N) is 2. The summed E-state index contributed by atoms with van der Waals surface area (Å²) >= 11 is 0. The van der Waals surface area contributed by atoms with Gasteiger partial charge in [0.1, 0.15) is 11.5 Å². The number of ether oxygens (including phenoxy) is 1. The summed E-state index contributed by atoms with van der Waals surface area (Å²) in [7, 11) is 1.69. The van der Waals surface area contributed by atoms with E-state index >= 15 is 0 Å². The molecule has 0 fully saturated rings. The third-order valence-corrected chi connectivity index (χ3v) is 4.93. The molecule has 2 N–H and O–H groups in total. The van der Waals surface area contributed by atoms with Gasteiger partial charge in [-0.3, -0.25) is 0 Å². The predicted molar refractivity (Wildman–Crippen MR) is 97.3 cm³/mol. The first kappa shape index (κ1) is 15.1. The van der Waals surface area contributed by atoms with E-state index in [0.717, 1.165) is 40.7 Å². The smallest absolute Gasteiger partial charge is 0.146 e. The topological polar surface area (TPSA) is 53.2 Å². The highest BCUT2D eigenvalue weighted by molar-refractivity contribution is 6.11. The second-order valence-corrected chi connectivity index (χ2v) is 6.75. The zero-order valence-electron chi connectivity index (χ0n) is 14.4. The molecule has 3 heterocycles. The maximum absolute atomic E-state index is 5.53. The number of hydrogen-bond acceptors (Lipinski definition) is 2. The van der Waals surface area contributed by atoms with E-state index in [-0.39, 0.29) is 0 Å². The van der Waals surface area contributed by atoms with Gasteiger partial charge in [0.05, 0.1) is 18.5 Å². The number of nitrogens with zero attached hydrogens (tertiary/aromatic N) is 1. The summed E-state index contributed by atoms with van der Waals surface area (Å²) in [5.74, 6) is 1.43. The minimum Gasteiger partial charge on any atom is -0.494 e. The maximum Gasteiger partial charge on any atom is 0.146 e. The highest BCUT2D eigenvalue weighted by Crippen LogP contribution is 2.33. The predicted octanol–water partition coefficient (Wildman–Crippen LogP) is 4.47. The van der Waals surface area contributed by atoms with E-state index < -0.39 is 0 Å². The molecular formula is C20H23N3O. The van der Waals surface area contributed by atoms with Crippen molar-refractivity contribution < 1.29 is 4.74 Å². The fourth-order valence-corrected chi connectivity index (χ4v) is 3.62. The van der Waals surface area contributed by atoms with Crippen LogP contribution in [0.15, 0.2) is 40.7 Å². The van der Waals surface area contributed by atoms with E-state index in [1.54, 1.807) is 7.11 Å². The van der Waals surface area contributed by atoms with E-state index in [9.17, 15) is 0 Å². The van der Waals surface area contributed by atoms with Crippen molar-refractivity contribution in [1.29, 1.82) is 0 Å². The van der Waals surface area contributed by atoms with Crippen LogP contribution in [0.3, 0.4) is 0 Å². The number of H-pyrrole nitrogens is 2. The Kier molecular flexibility index (Phi) is 3.68. The molecule has 2 aromatic rings. The fourth-order valence-electron chi connectivity index (χ4n) is 3.62. The van der Waals surface area contributed by atoms with Gasteiger partial charge in [-0.05, 0) is 61.9 Å². The van der Waals surface area contributed by atoms with E-state index in [1.807, 2.05) is 19.1 Å². The summed E-state index contributed by atoms with van der Waals surface area (Å²) in [4.78, 5) is 11.7. The normalized spacial score (nSPS) is 21.6. The van der Waals surface area contributed by atoms with Crippen LogP contribution in [-0.2, 0) is 11.2 Å². The van der Waals surface area contributed by atoms with Gasteiger partial charge in [-0.1, -0.05) is 6.92 Å². The average molecular weight is 321 g/mol. The molecule has 0 aromatic carbocycles. The van der Waals surface area contributed by atoms with Gasteiger partial charge in [0.25, 0.3) is 0 Å². The molecule has 24 heavy (non-hydrogen) atoms. The lowest BCUT2D eigenvalue weighted by molar-refractivity contribution is 0.303. The molecule has 1 aliphatic heterocycles. The van der Waals surface area contributed by atoms with E-state index in [1.165, 1.54) is 24.1 Å². The molecule has 0 amide bonds. The van der Waals surface area contributed by atoms with Gasteiger partial charge in [0.2, 0.25) is 0 Å². The lowest BCUT2D eigenvalue weighted by atomic mass is 9.88. The molecular weight excluding hydrogens is 298 g/mol. The quantitative estimate of drug-likeness (QED) is 0.861. The molecule has 1 unspecified atom stereocenters. The van der Waals surface area contributed by atoms with Crippen LogP contribution in [0.1, 0.15) is 54.0 Å². The monoisotopic (exact) mass is 321 g/mol. The van der Waals surface area contributed by atoms with Crippen molar-refractivity contribution in [2.24, 2.45) is 4.99 Å². The van der Waals surface area contributed by atoms with Crippen molar-refractivity contribution >= 4 is 11.8 Å². The zero-order chi connectivity index (χ0) is 16.7. The van der Waals surface area contributed by atoms with Crippen LogP contribution in [0.25, 0.3) is 6.08 Å². The summed E-state index contributed by atoms with van der Waals surface area (Å²) in [6.07, 6.45) is 7.72. The summed E-state index contributed by atoms with van der Waals surface area (Å²) in [6, 6.07) is 6.38. The van der Waals surface area contributed by atoms with E-state index in [2.05, 4.69) is 35.1 Å². The minimum absolute atomic E-state index is 0.628. The molecule has 1 aliphatic carbocycles. The zero-order valence-corrected chi connectivity index (χ0v) is 14.4. The second-order valence-electron chi connectivity index (χ2n) is 6.75. The Bertz CT molecular complexity index is 863. The number of methoxy groups -OCH3 is 1. The number of fused-ring (bicyclic) bond motifs is 1. The molecule has 4 rings (SSSR count). The van der Waals surface area contributed by atoms with Crippen LogP contribution in [0.4, 0.5) is 0 Å². The molecule has 2 aliphatic rings. The first-order valence-corrected chi connectivity index (χ1v) is 8.58. The van der Waals surface area contributed by atoms with Crippen LogP contribution in [0.2, 0.25) is 0 Å². The number of allylic oxidation sites excluding steroid dienone is 1. The van der Waals surface area contributed by atoms with Crippen LogP contribution in [-0.4, -0.2) is 22.8 Å². The molecule has 0 saturated heterocycles. The summed E-state index contributed by atoms with van der Waals surface area (Å²) in [6.45, 7) is 4.35. The standard InChI is InChI=1S/C20H23N3O/c1-12-5-4-6-16-15(12)10-17(22-16)18-11-20(24-3)19(23-18)9-14-8-7-13(2)21-14/h7-12,21-22H,4-6H2,1-3H3/b19-9-. The maximum atomic E-state index is 5.53. The van der Waals surface area contributed by atoms with Gasteiger partial charge < -0.3 is 14.7 Å². The number of hydrogen-bond donors (Lipinski definition) is 2. The van der Waals surface area contributed by atoms with Crippen LogP contribution < -0.4 is 0 Å². The van der Waals surface area contributed by atoms with Crippen molar-refractivity contribution in [2.75, 3.05) is 7.11 Å². The van der Waals surface area contributed by atoms with Crippen molar-refractivity contribution in [2.45, 2.75) is 39.0 Å². The molecule has 4 heteroatoms. The largest absolute Gasteiger partial charge is 0.494 e. The number of aromatic amines is 2. The van der Waals surface area contributed by atoms with Crippen LogP contribution in [0.5, 0.6) is 0 Å². The number of rotatable bonds is 3. The third kappa shape index (κ3) is 2.62. The van der Waals surface area contributed by atoms with Gasteiger partial charge in [-0.25, -0.2) is 4.99 Å². The Morgan fingerprint density at radius 1 is 1.29 bits per heavy atom. The molecule has 0 spiro atoms. The molecule has 0 saturated carbocycles. The number of aliphatic imine (C=N–C) groups is 1. The van der Waals surface area contributed by atoms with Crippen LogP contribution in [0, 0.1) is 6.92 Å². The van der Waals surface area contributed by atoms with Gasteiger partial charge in [-0.15, -0.1) is 0 Å². The van der Waals surface area contributed by atoms with Gasteiger partial charge in [0, 0.05) is 23.2 Å². The molecule has 0 bridgehead atoms. The Hall–Kier alpha value is -2.49. The summed E-state index contributed by atoms with van der Waals surface area (Å²) < 4.78 is 5.53. The number of aromatic nitrogens is 2. The van der Waals surface area contributed by atoms with E-state index in [4.69, 9.17) is 9.73 Å². The van der Waals surface area contributed by atoms with Gasteiger partial charge >= 0.3 is 0 Å². The van der Waals surface area contributed by atoms with Crippen LogP contribution >= 0.6 is 0 Å². The molecule has 1 atom stereocenters. The minimum atomic E-state index is 0.628. The molecule has 2 aromatic heterocycles. The Morgan fingerprint density at radius 2 is 2.17 bits per heavy atom. The Labute approximate surface area is 142 Å². The molecule has 124 valence electrons. The SMILES string of the molecule is COC1=CC(c2cc3c([nH]2)CCCC3C)=N/C1=C\c1ccc(C)[nH]1. The molecule has 4 nitrogen and oxygen atoms in total. The Morgan fingerprint density at radius 3 is 2.88 bits per heavy atom. The summed E-state index contributed by atoms with van der Waals surface area (Å²) in [5.41, 5.74) is 7.89. The number of aryl methyl sites for hydroxylation is 2.